The topological polar surface area (TPSA) is 35.6 Å². The fourth-order valence-electron chi connectivity index (χ4n) is 9.20. The number of benzene rings is 9. The maximum absolute atomic E-state index is 5.38. The third-order valence-electron chi connectivity index (χ3n) is 11.9. The largest absolute Gasteiger partial charge is 0.309 e. The third kappa shape index (κ3) is 5.46. The molecule has 60 heavy (non-hydrogen) atoms. The van der Waals surface area contributed by atoms with Crippen LogP contribution in [0.4, 0.5) is 0 Å². The maximum atomic E-state index is 5.38. The molecular weight excluding hydrogens is 729 g/mol. The van der Waals surface area contributed by atoms with E-state index in [0.717, 1.165) is 61.3 Å². The number of hydrogen-bond acceptors (Lipinski definition) is 2. The molecule has 0 spiro atoms. The summed E-state index contributed by atoms with van der Waals surface area (Å²) in [6, 6.07) is 77.8. The number of nitrogens with zero attached hydrogens (tertiary/aromatic N) is 4. The van der Waals surface area contributed by atoms with Crippen molar-refractivity contribution in [2.45, 2.75) is 0 Å². The van der Waals surface area contributed by atoms with Gasteiger partial charge >= 0.3 is 0 Å². The van der Waals surface area contributed by atoms with Crippen molar-refractivity contribution in [3.8, 4) is 56.4 Å². The Bertz CT molecular complexity index is 3570. The molecule has 9 aromatic carbocycles. The molecule has 3 aromatic heterocycles. The summed E-state index contributed by atoms with van der Waals surface area (Å²) in [6.07, 6.45) is 0. The summed E-state index contributed by atoms with van der Waals surface area (Å²) in [5, 5.41) is 7.18. The van der Waals surface area contributed by atoms with Crippen LogP contribution in [-0.2, 0) is 0 Å². The minimum absolute atomic E-state index is 0.686. The molecule has 280 valence electrons. The van der Waals surface area contributed by atoms with E-state index in [9.17, 15) is 0 Å². The highest BCUT2D eigenvalue weighted by Gasteiger charge is 2.22. The lowest BCUT2D eigenvalue weighted by atomic mass is 10.00. The van der Waals surface area contributed by atoms with E-state index in [4.69, 9.17) is 9.97 Å². The van der Waals surface area contributed by atoms with Gasteiger partial charge in [0.1, 0.15) is 0 Å². The number of para-hydroxylation sites is 3. The highest BCUT2D eigenvalue weighted by molar-refractivity contribution is 6.29. The SMILES string of the molecule is c1ccc(-c2ccc(-c3cc(-c4ccccc4)nc(-c4cc(-n5c6ccccc6c6c7c8ccccc8n(-c8ccccc8)c7ccc65)cc5ccccc45)n3)cc2)cc1. The number of fused-ring (bicyclic) bond motifs is 8. The van der Waals surface area contributed by atoms with Gasteiger partial charge in [-0.15, -0.1) is 0 Å². The van der Waals surface area contributed by atoms with Crippen molar-refractivity contribution in [1.82, 2.24) is 19.1 Å². The van der Waals surface area contributed by atoms with Crippen LogP contribution in [0.25, 0.3) is 111 Å². The van der Waals surface area contributed by atoms with Gasteiger partial charge in [0.05, 0.1) is 33.5 Å². The molecule has 0 fully saturated rings. The van der Waals surface area contributed by atoms with Crippen LogP contribution in [0.2, 0.25) is 0 Å². The van der Waals surface area contributed by atoms with Gasteiger partial charge in [-0.3, -0.25) is 0 Å². The Morgan fingerprint density at radius 2 is 0.750 bits per heavy atom. The first kappa shape index (κ1) is 34.0. The van der Waals surface area contributed by atoms with Crippen LogP contribution in [0, 0.1) is 0 Å². The molecule has 0 aliphatic carbocycles. The highest BCUT2D eigenvalue weighted by Crippen LogP contribution is 2.43. The van der Waals surface area contributed by atoms with Crippen molar-refractivity contribution in [1.29, 1.82) is 0 Å². The van der Waals surface area contributed by atoms with E-state index in [1.807, 2.05) is 6.07 Å². The van der Waals surface area contributed by atoms with Crippen LogP contribution in [-0.4, -0.2) is 19.1 Å². The second kappa shape index (κ2) is 13.8. The van der Waals surface area contributed by atoms with Gasteiger partial charge in [-0.1, -0.05) is 164 Å². The Hall–Kier alpha value is -8.08. The summed E-state index contributed by atoms with van der Waals surface area (Å²) in [7, 11) is 0. The average Bonchev–Trinajstić information content (AvgIpc) is 3.85. The molecule has 4 heteroatoms. The average molecular weight is 765 g/mol. The molecule has 12 aromatic rings. The lowest BCUT2D eigenvalue weighted by Gasteiger charge is -2.15. The zero-order valence-electron chi connectivity index (χ0n) is 32.6. The second-order valence-electron chi connectivity index (χ2n) is 15.4. The molecule has 0 amide bonds. The zero-order valence-corrected chi connectivity index (χ0v) is 32.6. The molecular formula is C56H36N4. The van der Waals surface area contributed by atoms with E-state index < -0.39 is 0 Å². The van der Waals surface area contributed by atoms with Crippen molar-refractivity contribution < 1.29 is 0 Å². The molecule has 0 N–H and O–H groups in total. The van der Waals surface area contributed by atoms with E-state index in [2.05, 4.69) is 221 Å². The van der Waals surface area contributed by atoms with E-state index in [1.165, 1.54) is 43.7 Å². The Kier molecular flexibility index (Phi) is 7.82. The smallest absolute Gasteiger partial charge is 0.161 e. The van der Waals surface area contributed by atoms with Gasteiger partial charge in [0.25, 0.3) is 0 Å². The van der Waals surface area contributed by atoms with Gasteiger partial charge in [-0.25, -0.2) is 9.97 Å². The molecule has 0 unspecified atom stereocenters. The zero-order chi connectivity index (χ0) is 39.6. The van der Waals surface area contributed by atoms with Crippen LogP contribution < -0.4 is 0 Å². The lowest BCUT2D eigenvalue weighted by Crippen LogP contribution is -1.99. The van der Waals surface area contributed by atoms with Crippen molar-refractivity contribution in [2.75, 3.05) is 0 Å². The normalized spacial score (nSPS) is 11.7. The van der Waals surface area contributed by atoms with E-state index in [0.29, 0.717) is 5.82 Å². The van der Waals surface area contributed by atoms with Crippen molar-refractivity contribution in [3.63, 3.8) is 0 Å². The fourth-order valence-corrected chi connectivity index (χ4v) is 9.20. The van der Waals surface area contributed by atoms with Crippen LogP contribution in [0.1, 0.15) is 0 Å². The van der Waals surface area contributed by atoms with E-state index in [1.54, 1.807) is 0 Å². The molecule has 3 heterocycles. The van der Waals surface area contributed by atoms with Gasteiger partial charge < -0.3 is 9.13 Å². The predicted molar refractivity (Wildman–Crippen MR) is 250 cm³/mol. The maximum Gasteiger partial charge on any atom is 0.161 e. The molecule has 12 rings (SSSR count). The number of aromatic nitrogens is 4. The molecule has 0 saturated heterocycles. The Labute approximate surface area is 346 Å². The molecule has 4 nitrogen and oxygen atoms in total. The molecule has 0 atom stereocenters. The van der Waals surface area contributed by atoms with Crippen molar-refractivity contribution >= 4 is 54.4 Å². The Morgan fingerprint density at radius 1 is 0.300 bits per heavy atom. The van der Waals surface area contributed by atoms with Crippen LogP contribution >= 0.6 is 0 Å². The minimum atomic E-state index is 0.686. The van der Waals surface area contributed by atoms with Gasteiger partial charge in [-0.2, -0.15) is 0 Å². The highest BCUT2D eigenvalue weighted by atomic mass is 15.0. The summed E-state index contributed by atoms with van der Waals surface area (Å²) in [6.45, 7) is 0. The first-order chi connectivity index (χ1) is 29.8. The number of hydrogen-bond donors (Lipinski definition) is 0. The molecule has 0 saturated carbocycles. The minimum Gasteiger partial charge on any atom is -0.309 e. The van der Waals surface area contributed by atoms with E-state index in [-0.39, 0.29) is 0 Å². The fraction of sp³-hybridized carbons (Fsp3) is 0. The third-order valence-corrected chi connectivity index (χ3v) is 11.9. The summed E-state index contributed by atoms with van der Waals surface area (Å²) >= 11 is 0. The van der Waals surface area contributed by atoms with Crippen LogP contribution in [0.3, 0.4) is 0 Å². The quantitative estimate of drug-likeness (QED) is 0.169. The Morgan fingerprint density at radius 3 is 1.37 bits per heavy atom. The lowest BCUT2D eigenvalue weighted by molar-refractivity contribution is 1.16. The molecule has 0 bridgehead atoms. The second-order valence-corrected chi connectivity index (χ2v) is 15.4. The predicted octanol–water partition coefficient (Wildman–Crippen LogP) is 14.5. The summed E-state index contributed by atoms with van der Waals surface area (Å²) in [4.78, 5) is 10.7. The van der Waals surface area contributed by atoms with Gasteiger partial charge in [0.15, 0.2) is 5.82 Å². The van der Waals surface area contributed by atoms with Gasteiger partial charge in [0.2, 0.25) is 0 Å². The number of rotatable bonds is 6. The standard InChI is InChI=1S/C56H36N4/c1-4-16-37(17-5-1)38-28-30-40(31-29-38)49-36-48(39-18-6-2-7-19-39)57-56(58-49)47-35-43(34-41-20-10-11-23-44(41)47)60-51-27-15-13-25-46(51)55-53(60)33-32-52-54(55)45-24-12-14-26-50(45)59(52)42-21-8-3-9-22-42/h1-36H. The summed E-state index contributed by atoms with van der Waals surface area (Å²) < 4.78 is 4.83. The first-order valence-electron chi connectivity index (χ1n) is 20.4. The van der Waals surface area contributed by atoms with E-state index >= 15 is 0 Å². The molecule has 0 aliphatic heterocycles. The van der Waals surface area contributed by atoms with Crippen LogP contribution in [0.15, 0.2) is 218 Å². The van der Waals surface area contributed by atoms with Gasteiger partial charge in [-0.05, 0) is 76.5 Å². The van der Waals surface area contributed by atoms with Crippen molar-refractivity contribution in [2.24, 2.45) is 0 Å². The molecule has 0 aliphatic rings. The van der Waals surface area contributed by atoms with Crippen molar-refractivity contribution in [3.05, 3.63) is 218 Å². The molecule has 0 radical (unpaired) electrons. The Balaban J connectivity index is 1.11. The van der Waals surface area contributed by atoms with Gasteiger partial charge in [0, 0.05) is 49.6 Å². The van der Waals surface area contributed by atoms with Crippen LogP contribution in [0.5, 0.6) is 0 Å². The first-order valence-corrected chi connectivity index (χ1v) is 20.4. The monoisotopic (exact) mass is 764 g/mol. The summed E-state index contributed by atoms with van der Waals surface area (Å²) in [5.41, 5.74) is 14.1. The summed E-state index contributed by atoms with van der Waals surface area (Å²) in [5.74, 6) is 0.686.